The van der Waals surface area contributed by atoms with Crippen molar-refractivity contribution in [2.75, 3.05) is 37.6 Å². The molecule has 2 heterocycles. The van der Waals surface area contributed by atoms with E-state index in [-0.39, 0.29) is 0 Å². The number of rotatable bonds is 4. The van der Waals surface area contributed by atoms with Gasteiger partial charge in [0.1, 0.15) is 17.3 Å². The Balaban J connectivity index is 1.65. The second kappa shape index (κ2) is 5.81. The molecule has 0 aromatic carbocycles. The van der Waals surface area contributed by atoms with E-state index < -0.39 is 0 Å². The van der Waals surface area contributed by atoms with Crippen LogP contribution < -0.4 is 4.90 Å². The summed E-state index contributed by atoms with van der Waals surface area (Å²) in [6.45, 7) is 5.44. The standard InChI is InChI=1S/C13H18Cl2N4/c14-7-11-12(15)16-9-17-13(11)19-5-3-18(4-6-19)8-10-1-2-10/h9-10H,1-8H2. The lowest BCUT2D eigenvalue weighted by molar-refractivity contribution is 0.247. The summed E-state index contributed by atoms with van der Waals surface area (Å²) in [5, 5.41) is 0.473. The highest BCUT2D eigenvalue weighted by molar-refractivity contribution is 6.31. The van der Waals surface area contributed by atoms with Crippen LogP contribution in [0, 0.1) is 5.92 Å². The van der Waals surface area contributed by atoms with Gasteiger partial charge in [-0.15, -0.1) is 11.6 Å². The molecule has 3 rings (SSSR count). The molecule has 0 spiro atoms. The fourth-order valence-electron chi connectivity index (χ4n) is 2.58. The summed E-state index contributed by atoms with van der Waals surface area (Å²) in [6.07, 6.45) is 4.35. The minimum atomic E-state index is 0.358. The van der Waals surface area contributed by atoms with Crippen LogP contribution in [0.15, 0.2) is 6.33 Å². The average molecular weight is 301 g/mol. The van der Waals surface area contributed by atoms with Crippen LogP contribution in [-0.4, -0.2) is 47.6 Å². The molecule has 104 valence electrons. The zero-order chi connectivity index (χ0) is 13.2. The largest absolute Gasteiger partial charge is 0.354 e. The maximum Gasteiger partial charge on any atom is 0.138 e. The fourth-order valence-corrected chi connectivity index (χ4v) is 3.09. The molecule has 1 saturated carbocycles. The van der Waals surface area contributed by atoms with E-state index in [1.54, 1.807) is 0 Å². The molecule has 1 aliphatic heterocycles. The van der Waals surface area contributed by atoms with E-state index in [4.69, 9.17) is 23.2 Å². The van der Waals surface area contributed by atoms with Gasteiger partial charge in [0.25, 0.3) is 0 Å². The zero-order valence-corrected chi connectivity index (χ0v) is 12.4. The second-order valence-electron chi connectivity index (χ2n) is 5.33. The van der Waals surface area contributed by atoms with Gasteiger partial charge in [-0.05, 0) is 18.8 Å². The van der Waals surface area contributed by atoms with Gasteiger partial charge < -0.3 is 4.90 Å². The Morgan fingerprint density at radius 3 is 2.53 bits per heavy atom. The zero-order valence-electron chi connectivity index (χ0n) is 10.9. The van der Waals surface area contributed by atoms with Gasteiger partial charge in [-0.2, -0.15) is 0 Å². The molecule has 0 amide bonds. The third kappa shape index (κ3) is 3.12. The highest BCUT2D eigenvalue weighted by Crippen LogP contribution is 2.30. The first-order valence-electron chi connectivity index (χ1n) is 6.80. The van der Waals surface area contributed by atoms with Crippen molar-refractivity contribution in [3.63, 3.8) is 0 Å². The molecule has 0 radical (unpaired) electrons. The first-order valence-corrected chi connectivity index (χ1v) is 7.72. The summed E-state index contributed by atoms with van der Waals surface area (Å²) >= 11 is 12.0. The van der Waals surface area contributed by atoms with Crippen LogP contribution in [0.2, 0.25) is 5.15 Å². The predicted molar refractivity (Wildman–Crippen MR) is 78.0 cm³/mol. The van der Waals surface area contributed by atoms with Gasteiger partial charge in [-0.1, -0.05) is 11.6 Å². The summed E-state index contributed by atoms with van der Waals surface area (Å²) in [4.78, 5) is 13.2. The van der Waals surface area contributed by atoms with Crippen LogP contribution in [0.1, 0.15) is 18.4 Å². The SMILES string of the molecule is ClCc1c(Cl)ncnc1N1CCN(CC2CC2)CC1. The Morgan fingerprint density at radius 2 is 1.89 bits per heavy atom. The molecule has 4 nitrogen and oxygen atoms in total. The van der Waals surface area contributed by atoms with Crippen molar-refractivity contribution in [3.05, 3.63) is 17.0 Å². The van der Waals surface area contributed by atoms with Crippen LogP contribution in [0.4, 0.5) is 5.82 Å². The lowest BCUT2D eigenvalue weighted by Gasteiger charge is -2.36. The molecular formula is C13H18Cl2N4. The monoisotopic (exact) mass is 300 g/mol. The lowest BCUT2D eigenvalue weighted by atomic mass is 10.2. The molecule has 19 heavy (non-hydrogen) atoms. The first-order chi connectivity index (χ1) is 9.28. The summed E-state index contributed by atoms with van der Waals surface area (Å²) in [5.74, 6) is 2.22. The van der Waals surface area contributed by atoms with Crippen LogP contribution in [0.25, 0.3) is 0 Å². The van der Waals surface area contributed by atoms with Gasteiger partial charge in [0, 0.05) is 38.3 Å². The highest BCUT2D eigenvalue weighted by Gasteiger charge is 2.27. The van der Waals surface area contributed by atoms with Crippen molar-refractivity contribution >= 4 is 29.0 Å². The highest BCUT2D eigenvalue weighted by atomic mass is 35.5. The van der Waals surface area contributed by atoms with Crippen LogP contribution in [0.5, 0.6) is 0 Å². The maximum absolute atomic E-state index is 6.08. The van der Waals surface area contributed by atoms with E-state index in [1.165, 1.54) is 25.7 Å². The molecule has 0 N–H and O–H groups in total. The van der Waals surface area contributed by atoms with Gasteiger partial charge in [0.2, 0.25) is 0 Å². The maximum atomic E-state index is 6.08. The normalized spacial score (nSPS) is 20.8. The van der Waals surface area contributed by atoms with Gasteiger partial charge in [-0.25, -0.2) is 9.97 Å². The molecule has 0 unspecified atom stereocenters. The smallest absolute Gasteiger partial charge is 0.138 e. The Labute approximate surface area is 123 Å². The summed E-state index contributed by atoms with van der Waals surface area (Å²) < 4.78 is 0. The van der Waals surface area contributed by atoms with E-state index in [9.17, 15) is 0 Å². The van der Waals surface area contributed by atoms with Crippen LogP contribution in [-0.2, 0) is 5.88 Å². The Morgan fingerprint density at radius 1 is 1.16 bits per heavy atom. The number of nitrogens with zero attached hydrogens (tertiary/aromatic N) is 4. The number of aromatic nitrogens is 2. The van der Waals surface area contributed by atoms with Crippen molar-refractivity contribution in [3.8, 4) is 0 Å². The number of alkyl halides is 1. The molecule has 1 aliphatic carbocycles. The molecule has 0 atom stereocenters. The van der Waals surface area contributed by atoms with E-state index >= 15 is 0 Å². The van der Waals surface area contributed by atoms with Crippen molar-refractivity contribution in [2.45, 2.75) is 18.7 Å². The van der Waals surface area contributed by atoms with Crippen LogP contribution >= 0.6 is 23.2 Å². The molecule has 1 aromatic heterocycles. The summed E-state index contributed by atoms with van der Waals surface area (Å²) in [7, 11) is 0. The van der Waals surface area contributed by atoms with E-state index in [0.717, 1.165) is 43.5 Å². The topological polar surface area (TPSA) is 32.3 Å². The molecular weight excluding hydrogens is 283 g/mol. The molecule has 1 aromatic rings. The number of anilines is 1. The van der Waals surface area contributed by atoms with Gasteiger partial charge in [0.15, 0.2) is 0 Å². The number of hydrogen-bond acceptors (Lipinski definition) is 4. The number of hydrogen-bond donors (Lipinski definition) is 0. The lowest BCUT2D eigenvalue weighted by Crippen LogP contribution is -2.47. The molecule has 0 bridgehead atoms. The third-order valence-electron chi connectivity index (χ3n) is 3.89. The van der Waals surface area contributed by atoms with Crippen LogP contribution in [0.3, 0.4) is 0 Å². The predicted octanol–water partition coefficient (Wildman–Crippen LogP) is 2.40. The van der Waals surface area contributed by atoms with E-state index in [2.05, 4.69) is 19.8 Å². The summed E-state index contributed by atoms with van der Waals surface area (Å²) in [6, 6.07) is 0. The molecule has 2 fully saturated rings. The first kappa shape index (κ1) is 13.4. The minimum absolute atomic E-state index is 0.358. The Bertz CT molecular complexity index is 442. The van der Waals surface area contributed by atoms with E-state index in [1.807, 2.05) is 0 Å². The molecule has 2 aliphatic rings. The van der Waals surface area contributed by atoms with Gasteiger partial charge in [-0.3, -0.25) is 4.90 Å². The van der Waals surface area contributed by atoms with Crippen molar-refractivity contribution in [2.24, 2.45) is 5.92 Å². The average Bonchev–Trinajstić information content (AvgIpc) is 3.23. The fraction of sp³-hybridized carbons (Fsp3) is 0.692. The minimum Gasteiger partial charge on any atom is -0.354 e. The molecule has 1 saturated heterocycles. The van der Waals surface area contributed by atoms with Gasteiger partial charge >= 0.3 is 0 Å². The van der Waals surface area contributed by atoms with Crippen molar-refractivity contribution in [1.82, 2.24) is 14.9 Å². The van der Waals surface area contributed by atoms with Gasteiger partial charge in [0.05, 0.1) is 5.88 Å². The van der Waals surface area contributed by atoms with Crippen molar-refractivity contribution in [1.29, 1.82) is 0 Å². The van der Waals surface area contributed by atoms with E-state index in [0.29, 0.717) is 11.0 Å². The van der Waals surface area contributed by atoms with Crippen molar-refractivity contribution < 1.29 is 0 Å². The quantitative estimate of drug-likeness (QED) is 0.631. The Hall–Kier alpha value is -0.580. The number of piperazine rings is 1. The third-order valence-corrected chi connectivity index (χ3v) is 4.48. The second-order valence-corrected chi connectivity index (χ2v) is 5.96. The molecule has 6 heteroatoms. The number of halogens is 2. The summed E-state index contributed by atoms with van der Waals surface area (Å²) in [5.41, 5.74) is 0.849. The Kier molecular flexibility index (Phi) is 4.10.